The van der Waals surface area contributed by atoms with E-state index in [-0.39, 0.29) is 11.4 Å². The van der Waals surface area contributed by atoms with E-state index >= 15 is 0 Å². The first kappa shape index (κ1) is 19.0. The molecule has 0 aliphatic rings. The summed E-state index contributed by atoms with van der Waals surface area (Å²) < 4.78 is 52.9. The molecule has 0 saturated heterocycles. The van der Waals surface area contributed by atoms with E-state index in [1.165, 1.54) is 6.07 Å². The number of halogens is 2. The van der Waals surface area contributed by atoms with Crippen molar-refractivity contribution in [3.8, 4) is 0 Å². The summed E-state index contributed by atoms with van der Waals surface area (Å²) >= 11 is 6.44. The monoisotopic (exact) mass is 462 g/mol. The third kappa shape index (κ3) is 6.33. The van der Waals surface area contributed by atoms with Crippen LogP contribution in [0.15, 0.2) is 32.0 Å². The molecule has 10 heteroatoms. The molecule has 0 aromatic heterocycles. The van der Waals surface area contributed by atoms with Gasteiger partial charge in [0.2, 0.25) is 20.0 Å². The van der Waals surface area contributed by atoms with Crippen LogP contribution in [0.5, 0.6) is 0 Å². The zero-order chi connectivity index (χ0) is 16.5. The van der Waals surface area contributed by atoms with Crippen LogP contribution in [0.3, 0.4) is 0 Å². The lowest BCUT2D eigenvalue weighted by Gasteiger charge is -2.25. The number of nitrogens with one attached hydrogen (secondary N) is 2. The fourth-order valence-electron chi connectivity index (χ4n) is 1.58. The van der Waals surface area contributed by atoms with Gasteiger partial charge in [-0.15, -0.1) is 0 Å². The van der Waals surface area contributed by atoms with E-state index in [1.807, 2.05) is 0 Å². The minimum Gasteiger partial charge on any atom is -0.213 e. The quantitative estimate of drug-likeness (QED) is 0.672. The second-order valence-corrected chi connectivity index (χ2v) is 10.4. The summed E-state index contributed by atoms with van der Waals surface area (Å²) in [5.74, 6) is 0. The van der Waals surface area contributed by atoms with Crippen molar-refractivity contribution in [2.24, 2.45) is 0 Å². The lowest BCUT2D eigenvalue weighted by molar-refractivity contribution is 0.446. The molecule has 0 amide bonds. The highest BCUT2D eigenvalue weighted by Crippen LogP contribution is 2.25. The number of rotatable bonds is 6. The second kappa shape index (κ2) is 6.63. The molecule has 1 aromatic rings. The van der Waals surface area contributed by atoms with Crippen molar-refractivity contribution < 1.29 is 16.8 Å². The molecule has 0 atom stereocenters. The van der Waals surface area contributed by atoms with Crippen LogP contribution in [0.4, 0.5) is 0 Å². The van der Waals surface area contributed by atoms with Crippen LogP contribution in [0.1, 0.15) is 13.8 Å². The number of sulfonamides is 2. The fourth-order valence-corrected chi connectivity index (χ4v) is 5.62. The van der Waals surface area contributed by atoms with E-state index in [2.05, 4.69) is 41.3 Å². The molecule has 0 aliphatic heterocycles. The summed E-state index contributed by atoms with van der Waals surface area (Å²) in [4.78, 5) is 0.0841. The van der Waals surface area contributed by atoms with Crippen LogP contribution in [-0.2, 0) is 20.0 Å². The molecule has 0 unspecified atom stereocenters. The van der Waals surface area contributed by atoms with Gasteiger partial charge in [0.15, 0.2) is 0 Å². The van der Waals surface area contributed by atoms with E-state index in [9.17, 15) is 16.8 Å². The van der Waals surface area contributed by atoms with Gasteiger partial charge >= 0.3 is 0 Å². The molecule has 0 spiro atoms. The highest BCUT2D eigenvalue weighted by molar-refractivity contribution is 9.11. The van der Waals surface area contributed by atoms with Crippen molar-refractivity contribution in [2.45, 2.75) is 24.3 Å². The Balaban J connectivity index is 2.91. The highest BCUT2D eigenvalue weighted by atomic mass is 79.9. The lowest BCUT2D eigenvalue weighted by Crippen LogP contribution is -2.50. The average molecular weight is 464 g/mol. The van der Waals surface area contributed by atoms with E-state index in [0.29, 0.717) is 4.47 Å². The molecule has 2 N–H and O–H groups in total. The van der Waals surface area contributed by atoms with Crippen molar-refractivity contribution >= 4 is 51.9 Å². The van der Waals surface area contributed by atoms with E-state index in [0.717, 1.165) is 10.7 Å². The Bertz CT molecular complexity index is 731. The van der Waals surface area contributed by atoms with Crippen LogP contribution < -0.4 is 9.44 Å². The third-order valence-corrected chi connectivity index (χ3v) is 6.14. The molecule has 1 aromatic carbocycles. The molecule has 1 rings (SSSR count). The summed E-state index contributed by atoms with van der Waals surface area (Å²) in [6, 6.07) is 4.68. The van der Waals surface area contributed by atoms with Crippen molar-refractivity contribution in [1.82, 2.24) is 9.44 Å². The first-order valence-corrected chi connectivity index (χ1v) is 10.7. The van der Waals surface area contributed by atoms with Gasteiger partial charge < -0.3 is 0 Å². The molecule has 0 saturated carbocycles. The number of hydrogen-bond donors (Lipinski definition) is 2. The van der Waals surface area contributed by atoms with Crippen molar-refractivity contribution in [2.75, 3.05) is 12.8 Å². The van der Waals surface area contributed by atoms with Crippen molar-refractivity contribution in [3.63, 3.8) is 0 Å². The first-order valence-electron chi connectivity index (χ1n) is 5.76. The van der Waals surface area contributed by atoms with Gasteiger partial charge in [0, 0.05) is 21.0 Å². The van der Waals surface area contributed by atoms with Crippen LogP contribution >= 0.6 is 31.9 Å². The topological polar surface area (TPSA) is 92.3 Å². The van der Waals surface area contributed by atoms with Crippen LogP contribution in [0.2, 0.25) is 0 Å². The average Bonchev–Trinajstić information content (AvgIpc) is 2.23. The fraction of sp³-hybridized carbons (Fsp3) is 0.455. The van der Waals surface area contributed by atoms with Gasteiger partial charge in [-0.25, -0.2) is 26.3 Å². The highest BCUT2D eigenvalue weighted by Gasteiger charge is 2.26. The molecule has 21 heavy (non-hydrogen) atoms. The van der Waals surface area contributed by atoms with Crippen LogP contribution in [0.25, 0.3) is 0 Å². The lowest BCUT2D eigenvalue weighted by atomic mass is 10.1. The SMILES string of the molecule is CC(C)(CNS(=O)(=O)c1ccc(Br)cc1Br)NS(C)(=O)=O. The van der Waals surface area contributed by atoms with Gasteiger partial charge in [-0.3, -0.25) is 0 Å². The maximum atomic E-state index is 12.2. The zero-order valence-electron chi connectivity index (χ0n) is 11.6. The van der Waals surface area contributed by atoms with Gasteiger partial charge in [0.25, 0.3) is 0 Å². The Morgan fingerprint density at radius 3 is 2.19 bits per heavy atom. The minimum atomic E-state index is -3.75. The van der Waals surface area contributed by atoms with Gasteiger partial charge in [0.1, 0.15) is 0 Å². The van der Waals surface area contributed by atoms with Gasteiger partial charge in [-0.2, -0.15) is 0 Å². The Kier molecular flexibility index (Phi) is 6.01. The minimum absolute atomic E-state index is 0.0785. The molecular formula is C11H16Br2N2O4S2. The van der Waals surface area contributed by atoms with Gasteiger partial charge in [-0.05, 0) is 48.0 Å². The summed E-state index contributed by atoms with van der Waals surface area (Å²) in [5, 5.41) is 0. The Labute approximate surface area is 142 Å². The van der Waals surface area contributed by atoms with Crippen LogP contribution in [-0.4, -0.2) is 35.2 Å². The van der Waals surface area contributed by atoms with E-state index in [4.69, 9.17) is 0 Å². The van der Waals surface area contributed by atoms with Crippen molar-refractivity contribution in [1.29, 1.82) is 0 Å². The summed E-state index contributed by atoms with van der Waals surface area (Å²) in [5.41, 5.74) is -0.942. The Morgan fingerprint density at radius 1 is 1.14 bits per heavy atom. The summed E-state index contributed by atoms with van der Waals surface area (Å²) in [6.07, 6.45) is 1.02. The Morgan fingerprint density at radius 2 is 1.71 bits per heavy atom. The van der Waals surface area contributed by atoms with Gasteiger partial charge in [0.05, 0.1) is 11.2 Å². The molecule has 6 nitrogen and oxygen atoms in total. The van der Waals surface area contributed by atoms with Crippen molar-refractivity contribution in [3.05, 3.63) is 27.1 Å². The maximum Gasteiger partial charge on any atom is 0.241 e. The first-order chi connectivity index (χ1) is 9.32. The molecule has 0 aliphatic carbocycles. The molecular weight excluding hydrogens is 448 g/mol. The molecule has 0 bridgehead atoms. The zero-order valence-corrected chi connectivity index (χ0v) is 16.4. The number of benzene rings is 1. The second-order valence-electron chi connectivity index (χ2n) is 5.16. The van der Waals surface area contributed by atoms with E-state index in [1.54, 1.807) is 26.0 Å². The van der Waals surface area contributed by atoms with Gasteiger partial charge in [-0.1, -0.05) is 15.9 Å². The molecule has 0 heterocycles. The molecule has 0 radical (unpaired) electrons. The normalized spacial score (nSPS) is 13.4. The van der Waals surface area contributed by atoms with E-state index < -0.39 is 25.6 Å². The summed E-state index contributed by atoms with van der Waals surface area (Å²) in [7, 11) is -7.18. The molecule has 0 fully saturated rings. The standard InChI is InChI=1S/C11H16Br2N2O4S2/c1-11(2,15-20(3,16)17)7-14-21(18,19)10-5-4-8(12)6-9(10)13/h4-6,14-15H,7H2,1-3H3. The smallest absolute Gasteiger partial charge is 0.213 e. The maximum absolute atomic E-state index is 12.2. The summed E-state index contributed by atoms with van der Waals surface area (Å²) in [6.45, 7) is 3.10. The largest absolute Gasteiger partial charge is 0.241 e. The Hall–Kier alpha value is -0.000000000000000167. The third-order valence-electron chi connectivity index (χ3n) is 2.35. The predicted octanol–water partition coefficient (Wildman–Crippen LogP) is 1.82. The predicted molar refractivity (Wildman–Crippen MR) is 89.1 cm³/mol. The number of hydrogen-bond acceptors (Lipinski definition) is 4. The van der Waals surface area contributed by atoms with Crippen LogP contribution in [0, 0.1) is 0 Å². The molecule has 120 valence electrons.